The van der Waals surface area contributed by atoms with Crippen LogP contribution >= 0.6 is 0 Å². The smallest absolute Gasteiger partial charge is 0.413 e. The number of fused-ring (bicyclic) bond motifs is 1. The van der Waals surface area contributed by atoms with E-state index in [1.807, 2.05) is 109 Å². The maximum absolute atomic E-state index is 15.3. The van der Waals surface area contributed by atoms with Crippen molar-refractivity contribution in [2.75, 3.05) is 23.4 Å². The molecule has 0 aliphatic carbocycles. The fourth-order valence-electron chi connectivity index (χ4n) is 6.87. The van der Waals surface area contributed by atoms with Gasteiger partial charge in [0.25, 0.3) is 11.8 Å². The van der Waals surface area contributed by atoms with Crippen LogP contribution in [0.1, 0.15) is 86.1 Å². The minimum absolute atomic E-state index is 0.146. The van der Waals surface area contributed by atoms with Gasteiger partial charge in [0.1, 0.15) is 11.6 Å². The zero-order chi connectivity index (χ0) is 40.4. The highest BCUT2D eigenvalue weighted by Crippen LogP contribution is 2.44. The van der Waals surface area contributed by atoms with Crippen molar-refractivity contribution >= 4 is 41.1 Å². The van der Waals surface area contributed by atoms with E-state index in [2.05, 4.69) is 10.3 Å². The minimum Gasteiger partial charge on any atom is -0.490 e. The fourth-order valence-corrected chi connectivity index (χ4v) is 6.87. The second kappa shape index (κ2) is 18.4. The van der Waals surface area contributed by atoms with E-state index in [1.165, 1.54) is 0 Å². The number of carbonyl (C=O) groups is 4. The first-order chi connectivity index (χ1) is 27.5. The van der Waals surface area contributed by atoms with E-state index >= 15 is 9.59 Å². The molecule has 57 heavy (non-hydrogen) atoms. The van der Waals surface area contributed by atoms with Gasteiger partial charge < -0.3 is 19.1 Å². The standard InChI is InChI=1S/C46H48N4O7/c1-5-55-40(51)31-38(33-19-9-6-10-20-33)50-41(34-21-11-7-12-22-34)44(53)49(35-23-13-8-14-24-35)37-27-26-32(30-36(37)43(50)52)18-15-16-29-56-39-25-17-28-47-42(39)48-45(54)57-46(2,3)4/h6-14,17,19-28,30,38,41H,5,15-16,18,29,31H2,1-4H3,(H,47,48,54). The van der Waals surface area contributed by atoms with Gasteiger partial charge in [-0.05, 0) is 100 Å². The van der Waals surface area contributed by atoms with E-state index in [0.29, 0.717) is 53.3 Å². The SMILES string of the molecule is CCOC(=O)CC(c1ccccc1)N1C(=O)c2cc(CCCCOc3cccnc3NC(=O)OC(C)(C)C)ccc2N(c2ccccc2)C(=O)C1c1ccccc1. The first-order valence-corrected chi connectivity index (χ1v) is 19.2. The number of benzene rings is 4. The van der Waals surface area contributed by atoms with Crippen LogP contribution in [0.3, 0.4) is 0 Å². The van der Waals surface area contributed by atoms with Gasteiger partial charge >= 0.3 is 12.1 Å². The van der Waals surface area contributed by atoms with Crippen molar-refractivity contribution in [1.29, 1.82) is 0 Å². The third-order valence-electron chi connectivity index (χ3n) is 9.32. The Morgan fingerprint density at radius 2 is 1.53 bits per heavy atom. The van der Waals surface area contributed by atoms with Crippen molar-refractivity contribution in [3.05, 3.63) is 150 Å². The second-order valence-corrected chi connectivity index (χ2v) is 14.6. The summed E-state index contributed by atoms with van der Waals surface area (Å²) >= 11 is 0. The summed E-state index contributed by atoms with van der Waals surface area (Å²) in [5.74, 6) is -0.490. The molecular weight excluding hydrogens is 721 g/mol. The van der Waals surface area contributed by atoms with Gasteiger partial charge in [0.2, 0.25) is 0 Å². The van der Waals surface area contributed by atoms with Crippen LogP contribution in [0.15, 0.2) is 128 Å². The van der Waals surface area contributed by atoms with Crippen LogP contribution in [-0.2, 0) is 25.5 Å². The topological polar surface area (TPSA) is 127 Å². The van der Waals surface area contributed by atoms with Gasteiger partial charge in [0, 0.05) is 11.9 Å². The monoisotopic (exact) mass is 768 g/mol. The average molecular weight is 769 g/mol. The Morgan fingerprint density at radius 1 is 0.842 bits per heavy atom. The maximum atomic E-state index is 15.3. The number of aryl methyl sites for hydroxylation is 1. The molecule has 1 N–H and O–H groups in total. The number of unbranched alkanes of at least 4 members (excludes halogenated alkanes) is 1. The molecule has 0 saturated carbocycles. The van der Waals surface area contributed by atoms with Crippen molar-refractivity contribution in [1.82, 2.24) is 9.88 Å². The molecule has 0 fully saturated rings. The van der Waals surface area contributed by atoms with Crippen LogP contribution in [0.4, 0.5) is 22.0 Å². The largest absolute Gasteiger partial charge is 0.490 e. The van der Waals surface area contributed by atoms with Gasteiger partial charge in [-0.15, -0.1) is 0 Å². The summed E-state index contributed by atoms with van der Waals surface area (Å²) in [6.07, 6.45) is 2.79. The summed E-state index contributed by atoms with van der Waals surface area (Å²) in [4.78, 5) is 63.5. The first-order valence-electron chi connectivity index (χ1n) is 19.2. The van der Waals surface area contributed by atoms with Gasteiger partial charge in [0.05, 0.1) is 36.9 Å². The van der Waals surface area contributed by atoms with E-state index in [9.17, 15) is 9.59 Å². The molecule has 5 aromatic rings. The van der Waals surface area contributed by atoms with Crippen molar-refractivity contribution in [3.63, 3.8) is 0 Å². The van der Waals surface area contributed by atoms with Crippen LogP contribution in [0.5, 0.6) is 5.75 Å². The van der Waals surface area contributed by atoms with Crippen molar-refractivity contribution in [3.8, 4) is 5.75 Å². The Morgan fingerprint density at radius 3 is 2.21 bits per heavy atom. The lowest BCUT2D eigenvalue weighted by Crippen LogP contribution is -2.43. The molecule has 6 rings (SSSR count). The Kier molecular flexibility index (Phi) is 13.0. The number of nitrogens with zero attached hydrogens (tertiary/aromatic N) is 3. The molecule has 294 valence electrons. The lowest BCUT2D eigenvalue weighted by atomic mass is 9.95. The summed E-state index contributed by atoms with van der Waals surface area (Å²) in [6.45, 7) is 7.63. The highest BCUT2D eigenvalue weighted by molar-refractivity contribution is 6.14. The van der Waals surface area contributed by atoms with E-state index in [-0.39, 0.29) is 30.7 Å². The molecule has 3 amide bonds. The van der Waals surface area contributed by atoms with Gasteiger partial charge in [-0.2, -0.15) is 0 Å². The van der Waals surface area contributed by atoms with Crippen LogP contribution in [-0.4, -0.2) is 52.6 Å². The fraction of sp³-hybridized carbons (Fsp3) is 0.283. The van der Waals surface area contributed by atoms with Crippen molar-refractivity contribution < 1.29 is 33.4 Å². The number of amides is 3. The predicted molar refractivity (Wildman–Crippen MR) is 218 cm³/mol. The maximum Gasteiger partial charge on any atom is 0.413 e. The molecule has 2 heterocycles. The Balaban J connectivity index is 1.31. The van der Waals surface area contributed by atoms with Gasteiger partial charge in [-0.1, -0.05) is 84.9 Å². The molecule has 11 heteroatoms. The number of nitrogens with one attached hydrogen (secondary N) is 1. The summed E-state index contributed by atoms with van der Waals surface area (Å²) < 4.78 is 16.8. The molecule has 4 aromatic carbocycles. The van der Waals surface area contributed by atoms with Crippen molar-refractivity contribution in [2.45, 2.75) is 71.1 Å². The summed E-state index contributed by atoms with van der Waals surface area (Å²) in [5.41, 5.74) is 2.97. The molecule has 0 radical (unpaired) electrons. The molecule has 0 spiro atoms. The molecule has 2 unspecified atom stereocenters. The highest BCUT2D eigenvalue weighted by atomic mass is 16.6. The zero-order valence-corrected chi connectivity index (χ0v) is 32.7. The Labute approximate surface area is 333 Å². The number of aromatic nitrogens is 1. The number of pyridine rings is 1. The van der Waals surface area contributed by atoms with Crippen LogP contribution in [0.25, 0.3) is 0 Å². The molecule has 1 aliphatic heterocycles. The number of anilines is 3. The number of ether oxygens (including phenoxy) is 3. The lowest BCUT2D eigenvalue weighted by molar-refractivity contribution is -0.145. The van der Waals surface area contributed by atoms with Crippen LogP contribution < -0.4 is 15.0 Å². The number of para-hydroxylation sites is 1. The molecule has 2 atom stereocenters. The zero-order valence-electron chi connectivity index (χ0n) is 32.7. The number of rotatable bonds is 14. The van der Waals surface area contributed by atoms with E-state index in [1.54, 1.807) is 55.8 Å². The third kappa shape index (κ3) is 10.0. The van der Waals surface area contributed by atoms with E-state index in [4.69, 9.17) is 14.2 Å². The highest BCUT2D eigenvalue weighted by Gasteiger charge is 2.45. The quantitative estimate of drug-likeness (QED) is 0.0875. The lowest BCUT2D eigenvalue weighted by Gasteiger charge is -2.37. The summed E-state index contributed by atoms with van der Waals surface area (Å²) in [6, 6.07) is 35.0. The third-order valence-corrected chi connectivity index (χ3v) is 9.32. The Hall–Kier alpha value is -6.49. The van der Waals surface area contributed by atoms with Crippen molar-refractivity contribution in [2.24, 2.45) is 0 Å². The number of esters is 1. The number of hydrogen-bond donors (Lipinski definition) is 1. The molecular formula is C46H48N4O7. The summed E-state index contributed by atoms with van der Waals surface area (Å²) in [5, 5.41) is 2.66. The first kappa shape index (κ1) is 40.2. The van der Waals surface area contributed by atoms with Crippen LogP contribution in [0, 0.1) is 0 Å². The van der Waals surface area contributed by atoms with Gasteiger partial charge in [-0.25, -0.2) is 9.78 Å². The Bertz CT molecular complexity index is 2160. The molecule has 1 aromatic heterocycles. The van der Waals surface area contributed by atoms with Gasteiger partial charge in [0.15, 0.2) is 11.6 Å². The van der Waals surface area contributed by atoms with E-state index < -0.39 is 29.7 Å². The minimum atomic E-state index is -1.08. The van der Waals surface area contributed by atoms with Crippen LogP contribution in [0.2, 0.25) is 0 Å². The molecule has 0 bridgehead atoms. The molecule has 0 saturated heterocycles. The number of carbonyl (C=O) groups excluding carboxylic acids is 4. The molecule has 1 aliphatic rings. The summed E-state index contributed by atoms with van der Waals surface area (Å²) in [7, 11) is 0. The second-order valence-electron chi connectivity index (χ2n) is 14.6. The predicted octanol–water partition coefficient (Wildman–Crippen LogP) is 9.39. The average Bonchev–Trinajstić information content (AvgIpc) is 3.29. The number of hydrogen-bond acceptors (Lipinski definition) is 8. The van der Waals surface area contributed by atoms with E-state index in [0.717, 1.165) is 12.0 Å². The van der Waals surface area contributed by atoms with Gasteiger partial charge in [-0.3, -0.25) is 24.6 Å². The normalized spacial score (nSPS) is 14.6. The molecule has 11 nitrogen and oxygen atoms in total.